The first kappa shape index (κ1) is 30.9. The maximum atomic E-state index is 13.3. The maximum Gasteiger partial charge on any atom is 0.264 e. The summed E-state index contributed by atoms with van der Waals surface area (Å²) in [6, 6.07) is 11.1. The van der Waals surface area contributed by atoms with Crippen molar-refractivity contribution in [3.63, 3.8) is 0 Å². The van der Waals surface area contributed by atoms with E-state index in [1.165, 1.54) is 5.56 Å². The summed E-state index contributed by atoms with van der Waals surface area (Å²) in [5, 5.41) is 11.7. The summed E-state index contributed by atoms with van der Waals surface area (Å²) in [4.78, 5) is 15.6. The summed E-state index contributed by atoms with van der Waals surface area (Å²) >= 11 is 6.31. The Morgan fingerprint density at radius 1 is 1.12 bits per heavy atom. The van der Waals surface area contributed by atoms with Crippen molar-refractivity contribution in [1.82, 2.24) is 4.72 Å². The minimum absolute atomic E-state index is 0.101. The molecule has 2 N–H and O–H groups in total. The van der Waals surface area contributed by atoms with Gasteiger partial charge >= 0.3 is 0 Å². The number of sulfonamides is 1. The Morgan fingerprint density at radius 2 is 1.93 bits per heavy atom. The zero-order valence-electron chi connectivity index (χ0n) is 24.8. The third kappa shape index (κ3) is 6.51. The van der Waals surface area contributed by atoms with E-state index in [0.717, 1.165) is 49.9 Å². The Bertz CT molecular complexity index is 1440. The van der Waals surface area contributed by atoms with Gasteiger partial charge in [0.05, 0.1) is 16.5 Å². The van der Waals surface area contributed by atoms with Crippen LogP contribution < -0.4 is 14.4 Å². The Hall–Kier alpha value is -2.55. The average Bonchev–Trinajstić information content (AvgIpc) is 2.97. The number of halogens is 1. The van der Waals surface area contributed by atoms with Crippen LogP contribution in [0.25, 0.3) is 0 Å². The molecule has 7 nitrogen and oxygen atoms in total. The molecule has 0 unspecified atom stereocenters. The molecule has 1 fully saturated rings. The Balaban J connectivity index is 1.57. The van der Waals surface area contributed by atoms with Gasteiger partial charge in [-0.1, -0.05) is 43.7 Å². The fraction of sp³-hybridized carbons (Fsp3) is 0.545. The Kier molecular flexibility index (Phi) is 9.26. The number of nitrogens with one attached hydrogen (secondary N) is 1. The lowest BCUT2D eigenvalue weighted by molar-refractivity contribution is -0.0473. The number of carbonyl (C=O) groups excluding carboxylic acids is 1. The van der Waals surface area contributed by atoms with Crippen LogP contribution in [0.15, 0.2) is 48.6 Å². The number of aliphatic hydroxyl groups is 1. The molecule has 228 valence electrons. The van der Waals surface area contributed by atoms with Crippen LogP contribution in [0.3, 0.4) is 0 Å². The first-order chi connectivity index (χ1) is 20.0. The van der Waals surface area contributed by atoms with Crippen LogP contribution >= 0.6 is 11.6 Å². The van der Waals surface area contributed by atoms with Gasteiger partial charge in [-0.25, -0.2) is 13.1 Å². The van der Waals surface area contributed by atoms with Gasteiger partial charge in [0.25, 0.3) is 5.91 Å². The first-order valence-electron chi connectivity index (χ1n) is 15.3. The number of allylic oxidation sites excluding steroid dienone is 1. The molecule has 5 rings (SSSR count). The summed E-state index contributed by atoms with van der Waals surface area (Å²) in [5.74, 6) is 0.128. The molecule has 1 aliphatic carbocycles. The summed E-state index contributed by atoms with van der Waals surface area (Å²) < 4.78 is 35.1. The number of ether oxygens (including phenoxy) is 1. The van der Waals surface area contributed by atoms with Gasteiger partial charge in [-0.2, -0.15) is 0 Å². The predicted molar refractivity (Wildman–Crippen MR) is 168 cm³/mol. The molecule has 1 amide bonds. The minimum atomic E-state index is -3.93. The molecule has 0 radical (unpaired) electrons. The van der Waals surface area contributed by atoms with Crippen LogP contribution in [0.4, 0.5) is 5.69 Å². The van der Waals surface area contributed by atoms with Crippen LogP contribution in [0, 0.1) is 17.8 Å². The van der Waals surface area contributed by atoms with Crippen LogP contribution in [0.5, 0.6) is 5.75 Å². The van der Waals surface area contributed by atoms with Crippen molar-refractivity contribution in [2.75, 3.05) is 18.0 Å². The highest BCUT2D eigenvalue weighted by Crippen LogP contribution is 2.46. The van der Waals surface area contributed by atoms with Crippen molar-refractivity contribution in [2.24, 2.45) is 17.8 Å². The van der Waals surface area contributed by atoms with Crippen LogP contribution in [-0.2, 0) is 23.1 Å². The number of anilines is 1. The quantitative estimate of drug-likeness (QED) is 0.368. The fourth-order valence-corrected chi connectivity index (χ4v) is 8.06. The number of amides is 1. The molecule has 0 aromatic heterocycles. The van der Waals surface area contributed by atoms with Gasteiger partial charge in [-0.15, -0.1) is 0 Å². The Labute approximate surface area is 255 Å². The Morgan fingerprint density at radius 3 is 2.67 bits per heavy atom. The van der Waals surface area contributed by atoms with E-state index in [2.05, 4.69) is 9.62 Å². The van der Waals surface area contributed by atoms with Gasteiger partial charge in [0.15, 0.2) is 0 Å². The molecule has 2 heterocycles. The van der Waals surface area contributed by atoms with Gasteiger partial charge in [0.2, 0.25) is 10.0 Å². The molecule has 2 aromatic rings. The summed E-state index contributed by atoms with van der Waals surface area (Å²) in [5.41, 5.74) is 2.34. The number of aryl methyl sites for hydroxylation is 1. The zero-order chi connectivity index (χ0) is 30.1. The summed E-state index contributed by atoms with van der Waals surface area (Å²) in [6.07, 6.45) is 9.63. The van der Waals surface area contributed by atoms with Gasteiger partial charge in [0, 0.05) is 23.7 Å². The number of benzene rings is 2. The van der Waals surface area contributed by atoms with Crippen molar-refractivity contribution in [2.45, 2.75) is 83.2 Å². The molecule has 9 heteroatoms. The molecule has 42 heavy (non-hydrogen) atoms. The van der Waals surface area contributed by atoms with Gasteiger partial charge in [-0.05, 0) is 111 Å². The van der Waals surface area contributed by atoms with E-state index < -0.39 is 26.8 Å². The molecule has 0 saturated heterocycles. The van der Waals surface area contributed by atoms with E-state index in [1.54, 1.807) is 25.1 Å². The van der Waals surface area contributed by atoms with Crippen molar-refractivity contribution < 1.29 is 23.1 Å². The fourth-order valence-electron chi connectivity index (χ4n) is 6.58. The second-order valence-corrected chi connectivity index (χ2v) is 14.8. The number of carbonyl (C=O) groups is 1. The number of nitrogens with zero attached hydrogens (tertiary/aromatic N) is 1. The lowest BCUT2D eigenvalue weighted by atomic mass is 9.63. The SMILES string of the molecule is CC[C@]1(O)/C=C/C[C@H](C)[C@@H](C)S(=O)(=O)NC(=O)c2ccc3c(c2)N(CCCCc2cc(Cl)ccc2CO3)C[C@@H]2CC[C@H]21. The van der Waals surface area contributed by atoms with Crippen molar-refractivity contribution in [3.8, 4) is 5.75 Å². The minimum Gasteiger partial charge on any atom is -0.487 e. The van der Waals surface area contributed by atoms with Gasteiger partial charge in [0.1, 0.15) is 12.4 Å². The maximum absolute atomic E-state index is 13.3. The number of hydrogen-bond acceptors (Lipinski definition) is 6. The van der Waals surface area contributed by atoms with Crippen LogP contribution in [-0.4, -0.2) is 43.4 Å². The molecule has 1 saturated carbocycles. The molecule has 5 atom stereocenters. The standard InChI is InChI=1S/C33H43ClN2O5S/c1-4-33(38)16-7-8-22(2)23(3)42(39,40)35-32(37)25-12-15-31-30(19-25)36(20-26-11-14-29(26)33)17-6-5-9-24-18-28(34)13-10-27(24)21-41-31/h7,10,12-13,15-16,18-19,22-23,26,29,38H,4-6,8-9,11,14,17,20-21H2,1-3H3,(H,35,37)/b16-7+/t22-,23+,26-,29+,33-/m0/s1. The predicted octanol–water partition coefficient (Wildman–Crippen LogP) is 6.27. The van der Waals surface area contributed by atoms with E-state index in [9.17, 15) is 18.3 Å². The molecular weight excluding hydrogens is 572 g/mol. The molecular formula is C33H43ClN2O5S. The normalized spacial score (nSPS) is 30.8. The summed E-state index contributed by atoms with van der Waals surface area (Å²) in [6.45, 7) is 7.31. The second kappa shape index (κ2) is 12.6. The largest absolute Gasteiger partial charge is 0.487 e. The number of hydrogen-bond donors (Lipinski definition) is 2. The molecule has 2 aliphatic heterocycles. The highest BCUT2D eigenvalue weighted by atomic mass is 35.5. The number of fused-ring (bicyclic) bond motifs is 3. The molecule has 3 aliphatic rings. The monoisotopic (exact) mass is 614 g/mol. The van der Waals surface area contributed by atoms with Crippen molar-refractivity contribution in [3.05, 3.63) is 70.3 Å². The second-order valence-electron chi connectivity index (χ2n) is 12.4. The smallest absolute Gasteiger partial charge is 0.264 e. The summed E-state index contributed by atoms with van der Waals surface area (Å²) in [7, 11) is -3.93. The van der Waals surface area contributed by atoms with Crippen molar-refractivity contribution in [1.29, 1.82) is 0 Å². The third-order valence-corrected chi connectivity index (χ3v) is 11.9. The van der Waals surface area contributed by atoms with Gasteiger partial charge < -0.3 is 14.7 Å². The average molecular weight is 615 g/mol. The lowest BCUT2D eigenvalue weighted by Crippen LogP contribution is -2.49. The van der Waals surface area contributed by atoms with Gasteiger partial charge in [-0.3, -0.25) is 4.79 Å². The van der Waals surface area contributed by atoms with E-state index in [4.69, 9.17) is 16.3 Å². The molecule has 0 spiro atoms. The number of rotatable bonds is 1. The van der Waals surface area contributed by atoms with E-state index in [0.29, 0.717) is 36.8 Å². The highest BCUT2D eigenvalue weighted by molar-refractivity contribution is 7.90. The van der Waals surface area contributed by atoms with Crippen LogP contribution in [0.2, 0.25) is 5.02 Å². The molecule has 2 aromatic carbocycles. The first-order valence-corrected chi connectivity index (χ1v) is 17.2. The van der Waals surface area contributed by atoms with Crippen LogP contribution in [0.1, 0.15) is 80.8 Å². The van der Waals surface area contributed by atoms with E-state index in [-0.39, 0.29) is 23.3 Å². The zero-order valence-corrected chi connectivity index (χ0v) is 26.4. The lowest BCUT2D eigenvalue weighted by Gasteiger charge is -2.48. The topological polar surface area (TPSA) is 95.9 Å². The highest BCUT2D eigenvalue weighted by Gasteiger charge is 2.45. The van der Waals surface area contributed by atoms with Crippen molar-refractivity contribution >= 4 is 33.2 Å². The third-order valence-electron chi connectivity index (χ3n) is 9.76. The van der Waals surface area contributed by atoms with E-state index >= 15 is 0 Å². The van der Waals surface area contributed by atoms with E-state index in [1.807, 2.05) is 44.2 Å². The molecule has 2 bridgehead atoms.